The van der Waals surface area contributed by atoms with Crippen molar-refractivity contribution in [1.29, 1.82) is 0 Å². The number of rotatable bonds is 4. The summed E-state index contributed by atoms with van der Waals surface area (Å²) in [6, 6.07) is 7.85. The van der Waals surface area contributed by atoms with Crippen molar-refractivity contribution >= 4 is 5.97 Å². The van der Waals surface area contributed by atoms with Gasteiger partial charge in [0.25, 0.3) is 0 Å². The minimum absolute atomic E-state index is 0.116. The molecule has 4 nitrogen and oxygen atoms in total. The zero-order valence-electron chi connectivity index (χ0n) is 12.3. The van der Waals surface area contributed by atoms with Gasteiger partial charge in [0.05, 0.1) is 7.11 Å². The van der Waals surface area contributed by atoms with Crippen LogP contribution in [0.25, 0.3) is 0 Å². The van der Waals surface area contributed by atoms with Gasteiger partial charge in [0, 0.05) is 0 Å². The molecule has 21 heavy (non-hydrogen) atoms. The van der Waals surface area contributed by atoms with Crippen LogP contribution in [0, 0.1) is 0 Å². The zero-order valence-corrected chi connectivity index (χ0v) is 12.3. The second-order valence-corrected chi connectivity index (χ2v) is 6.30. The second-order valence-electron chi connectivity index (χ2n) is 6.30. The summed E-state index contributed by atoms with van der Waals surface area (Å²) in [5.41, 5.74) is -0.122. The maximum Gasteiger partial charge on any atom is 0.342 e. The molecule has 4 rings (SSSR count). The summed E-state index contributed by atoms with van der Waals surface area (Å²) in [5.74, 6) is 0.664. The first-order valence-electron chi connectivity index (χ1n) is 7.76. The molecule has 0 radical (unpaired) electrons. The van der Waals surface area contributed by atoms with E-state index in [2.05, 4.69) is 0 Å². The molecule has 0 aromatic heterocycles. The fourth-order valence-electron chi connectivity index (χ4n) is 3.70. The molecule has 2 aliphatic carbocycles. The highest BCUT2D eigenvalue weighted by Gasteiger charge is 2.78. The van der Waals surface area contributed by atoms with Crippen LogP contribution in [0.1, 0.15) is 44.1 Å². The van der Waals surface area contributed by atoms with Gasteiger partial charge in [-0.15, -0.1) is 0 Å². The van der Waals surface area contributed by atoms with E-state index in [1.54, 1.807) is 7.11 Å². The second kappa shape index (κ2) is 4.47. The van der Waals surface area contributed by atoms with Crippen molar-refractivity contribution in [3.8, 4) is 5.75 Å². The highest BCUT2D eigenvalue weighted by Crippen LogP contribution is 2.66. The summed E-state index contributed by atoms with van der Waals surface area (Å²) in [5, 5.41) is 0. The fraction of sp³-hybridized carbons (Fsp3) is 0.588. The van der Waals surface area contributed by atoms with Crippen LogP contribution in [0.5, 0.6) is 5.75 Å². The van der Waals surface area contributed by atoms with Crippen LogP contribution in [0.15, 0.2) is 24.3 Å². The van der Waals surface area contributed by atoms with E-state index in [1.807, 2.05) is 24.3 Å². The Kier molecular flexibility index (Phi) is 2.80. The SMILES string of the molecule is COc1ccc(C23CCCC2(C(=O)OC2CCC2)O3)cc1. The summed E-state index contributed by atoms with van der Waals surface area (Å²) in [7, 11) is 1.65. The largest absolute Gasteiger partial charge is 0.497 e. The number of ether oxygens (including phenoxy) is 3. The number of epoxide rings is 1. The Balaban J connectivity index is 1.57. The zero-order chi connectivity index (χ0) is 14.5. The number of esters is 1. The molecular formula is C17H20O4. The molecule has 2 atom stereocenters. The molecule has 0 bridgehead atoms. The van der Waals surface area contributed by atoms with Crippen molar-refractivity contribution in [3.63, 3.8) is 0 Å². The molecule has 3 fully saturated rings. The van der Waals surface area contributed by atoms with Gasteiger partial charge in [-0.2, -0.15) is 0 Å². The van der Waals surface area contributed by atoms with E-state index in [-0.39, 0.29) is 12.1 Å². The molecule has 2 saturated carbocycles. The third-order valence-corrected chi connectivity index (χ3v) is 5.23. The minimum Gasteiger partial charge on any atom is -0.497 e. The predicted molar refractivity (Wildman–Crippen MR) is 76.1 cm³/mol. The van der Waals surface area contributed by atoms with Crippen LogP contribution in [-0.4, -0.2) is 24.8 Å². The predicted octanol–water partition coefficient (Wildman–Crippen LogP) is 2.94. The van der Waals surface area contributed by atoms with Gasteiger partial charge in [0.1, 0.15) is 17.5 Å². The number of methoxy groups -OCH3 is 1. The van der Waals surface area contributed by atoms with Gasteiger partial charge in [-0.1, -0.05) is 12.1 Å². The lowest BCUT2D eigenvalue weighted by molar-refractivity contribution is -0.159. The van der Waals surface area contributed by atoms with Crippen LogP contribution in [0.4, 0.5) is 0 Å². The molecule has 4 heteroatoms. The number of carbonyl (C=O) groups is 1. The van der Waals surface area contributed by atoms with Gasteiger partial charge >= 0.3 is 5.97 Å². The van der Waals surface area contributed by atoms with Gasteiger partial charge in [-0.25, -0.2) is 4.79 Å². The van der Waals surface area contributed by atoms with Crippen LogP contribution < -0.4 is 4.74 Å². The monoisotopic (exact) mass is 288 g/mol. The first-order chi connectivity index (χ1) is 10.2. The topological polar surface area (TPSA) is 48.1 Å². The van der Waals surface area contributed by atoms with Gasteiger partial charge in [0.2, 0.25) is 0 Å². The third kappa shape index (κ3) is 1.75. The average molecular weight is 288 g/mol. The Morgan fingerprint density at radius 3 is 2.57 bits per heavy atom. The van der Waals surface area contributed by atoms with E-state index < -0.39 is 11.2 Å². The third-order valence-electron chi connectivity index (χ3n) is 5.23. The van der Waals surface area contributed by atoms with Crippen LogP contribution in [0.2, 0.25) is 0 Å². The van der Waals surface area contributed by atoms with Gasteiger partial charge in [-0.3, -0.25) is 0 Å². The van der Waals surface area contributed by atoms with E-state index >= 15 is 0 Å². The van der Waals surface area contributed by atoms with Crippen LogP contribution >= 0.6 is 0 Å². The average Bonchev–Trinajstić information content (AvgIpc) is 3.01. The summed E-state index contributed by atoms with van der Waals surface area (Å²) in [6.07, 6.45) is 5.94. The molecule has 1 aliphatic heterocycles. The van der Waals surface area contributed by atoms with Gasteiger partial charge in [-0.05, 0) is 56.2 Å². The van der Waals surface area contributed by atoms with E-state index in [1.165, 1.54) is 0 Å². The Morgan fingerprint density at radius 2 is 1.95 bits per heavy atom. The molecule has 1 aromatic carbocycles. The summed E-state index contributed by atoms with van der Waals surface area (Å²) < 4.78 is 16.8. The van der Waals surface area contributed by atoms with E-state index in [0.29, 0.717) is 0 Å². The lowest BCUT2D eigenvalue weighted by Crippen LogP contribution is -2.36. The summed E-state index contributed by atoms with van der Waals surface area (Å²) in [4.78, 5) is 12.5. The van der Waals surface area contributed by atoms with Crippen LogP contribution in [0.3, 0.4) is 0 Å². The highest BCUT2D eigenvalue weighted by molar-refractivity contribution is 5.86. The smallest absolute Gasteiger partial charge is 0.342 e. The van der Waals surface area contributed by atoms with Crippen molar-refractivity contribution in [1.82, 2.24) is 0 Å². The molecule has 2 unspecified atom stereocenters. The van der Waals surface area contributed by atoms with Crippen LogP contribution in [-0.2, 0) is 19.9 Å². The molecule has 0 amide bonds. The Hall–Kier alpha value is -1.55. The van der Waals surface area contributed by atoms with Crippen molar-refractivity contribution in [2.24, 2.45) is 0 Å². The maximum absolute atomic E-state index is 12.5. The van der Waals surface area contributed by atoms with E-state index in [4.69, 9.17) is 14.2 Å². The first kappa shape index (κ1) is 13.1. The summed E-state index contributed by atoms with van der Waals surface area (Å²) in [6.45, 7) is 0. The Bertz CT molecular complexity index is 563. The number of benzene rings is 1. The van der Waals surface area contributed by atoms with Crippen molar-refractivity contribution in [2.75, 3.05) is 7.11 Å². The molecule has 0 spiro atoms. The Morgan fingerprint density at radius 1 is 1.19 bits per heavy atom. The fourth-order valence-corrected chi connectivity index (χ4v) is 3.70. The molecule has 1 aromatic rings. The lowest BCUT2D eigenvalue weighted by atomic mass is 9.88. The highest BCUT2D eigenvalue weighted by atomic mass is 16.7. The van der Waals surface area contributed by atoms with Gasteiger partial charge in [0.15, 0.2) is 5.60 Å². The molecule has 0 N–H and O–H groups in total. The number of hydrogen-bond acceptors (Lipinski definition) is 4. The van der Waals surface area contributed by atoms with Crippen molar-refractivity contribution in [3.05, 3.63) is 29.8 Å². The quantitative estimate of drug-likeness (QED) is 0.631. The minimum atomic E-state index is -0.725. The number of hydrogen-bond donors (Lipinski definition) is 0. The molecular weight excluding hydrogens is 268 g/mol. The first-order valence-corrected chi connectivity index (χ1v) is 7.76. The van der Waals surface area contributed by atoms with Gasteiger partial charge < -0.3 is 14.2 Å². The molecule has 112 valence electrons. The summed E-state index contributed by atoms with van der Waals surface area (Å²) >= 11 is 0. The molecule has 3 aliphatic rings. The van der Waals surface area contributed by atoms with Crippen molar-refractivity contribution in [2.45, 2.75) is 55.8 Å². The maximum atomic E-state index is 12.5. The lowest BCUT2D eigenvalue weighted by Gasteiger charge is -2.26. The molecule has 1 heterocycles. The standard InChI is InChI=1S/C17H20O4/c1-19-13-8-6-12(7-9-13)16-10-3-11-17(16,21-16)15(18)20-14-4-2-5-14/h6-9,14H,2-5,10-11H2,1H3. The number of carbonyl (C=O) groups excluding carboxylic acids is 1. The normalized spacial score (nSPS) is 34.0. The van der Waals surface area contributed by atoms with E-state index in [9.17, 15) is 4.79 Å². The Labute approximate surface area is 124 Å². The van der Waals surface area contributed by atoms with Crippen molar-refractivity contribution < 1.29 is 19.0 Å². The molecule has 1 saturated heterocycles. The van der Waals surface area contributed by atoms with E-state index in [0.717, 1.165) is 49.8 Å². The number of fused-ring (bicyclic) bond motifs is 1.